The lowest BCUT2D eigenvalue weighted by atomic mass is 9.97. The topological polar surface area (TPSA) is 112 Å². The normalized spacial score (nSPS) is 11.7. The third kappa shape index (κ3) is 3.37. The molecule has 72 valence electrons. The minimum Gasteiger partial charge on any atom is -0.481 e. The molecule has 0 bridgehead atoms. The standard InChI is InChI=1S/C7H8O6/c1-3(6(10)11)4(7(12)13)2-5(8)9/h4H,1-2H2,(H,8,9)(H,10,11)(H,12,13)/t4-/m0/s1. The molecule has 3 N–H and O–H groups in total. The molecule has 6 nitrogen and oxygen atoms in total. The Hall–Kier alpha value is -1.85. The predicted octanol–water partition coefficient (Wildman–Crippen LogP) is -0.197. The van der Waals surface area contributed by atoms with Gasteiger partial charge in [0, 0.05) is 5.57 Å². The van der Waals surface area contributed by atoms with E-state index in [0.717, 1.165) is 0 Å². The van der Waals surface area contributed by atoms with Crippen molar-refractivity contribution in [1.82, 2.24) is 0 Å². The van der Waals surface area contributed by atoms with Crippen molar-refractivity contribution in [2.24, 2.45) is 5.92 Å². The number of rotatable bonds is 5. The van der Waals surface area contributed by atoms with Crippen LogP contribution in [0.3, 0.4) is 0 Å². The number of hydrogen-bond donors (Lipinski definition) is 3. The Morgan fingerprint density at radius 2 is 1.62 bits per heavy atom. The van der Waals surface area contributed by atoms with Gasteiger partial charge in [0.25, 0.3) is 0 Å². The van der Waals surface area contributed by atoms with Crippen molar-refractivity contribution >= 4 is 17.9 Å². The van der Waals surface area contributed by atoms with Crippen molar-refractivity contribution in [3.63, 3.8) is 0 Å². The van der Waals surface area contributed by atoms with E-state index in [1.165, 1.54) is 0 Å². The van der Waals surface area contributed by atoms with Gasteiger partial charge in [-0.2, -0.15) is 0 Å². The first-order valence-corrected chi connectivity index (χ1v) is 3.23. The molecule has 13 heavy (non-hydrogen) atoms. The van der Waals surface area contributed by atoms with Crippen molar-refractivity contribution in [2.45, 2.75) is 6.42 Å². The molecule has 6 heteroatoms. The maximum Gasteiger partial charge on any atom is 0.331 e. The summed E-state index contributed by atoms with van der Waals surface area (Å²) in [6.45, 7) is 2.99. The summed E-state index contributed by atoms with van der Waals surface area (Å²) in [4.78, 5) is 30.8. The summed E-state index contributed by atoms with van der Waals surface area (Å²) in [6, 6.07) is 0. The summed E-state index contributed by atoms with van der Waals surface area (Å²) in [7, 11) is 0. The zero-order chi connectivity index (χ0) is 10.6. The van der Waals surface area contributed by atoms with Crippen LogP contribution in [0.15, 0.2) is 12.2 Å². The van der Waals surface area contributed by atoms with Crippen LogP contribution in [0.4, 0.5) is 0 Å². The number of hydrogen-bond acceptors (Lipinski definition) is 3. The Balaban J connectivity index is 4.61. The highest BCUT2D eigenvalue weighted by Crippen LogP contribution is 2.14. The highest BCUT2D eigenvalue weighted by Gasteiger charge is 2.27. The van der Waals surface area contributed by atoms with Crippen molar-refractivity contribution in [3.8, 4) is 0 Å². The molecule has 0 heterocycles. The van der Waals surface area contributed by atoms with Crippen LogP contribution < -0.4 is 0 Å². The zero-order valence-electron chi connectivity index (χ0n) is 6.56. The van der Waals surface area contributed by atoms with Gasteiger partial charge < -0.3 is 15.3 Å². The quantitative estimate of drug-likeness (QED) is 0.515. The average molecular weight is 188 g/mol. The molecule has 0 radical (unpaired) electrons. The summed E-state index contributed by atoms with van der Waals surface area (Å²) in [5.74, 6) is -5.96. The number of carboxylic acid groups (broad SMARTS) is 3. The second-order valence-electron chi connectivity index (χ2n) is 2.32. The van der Waals surface area contributed by atoms with Crippen molar-refractivity contribution in [2.75, 3.05) is 0 Å². The third-order valence-electron chi connectivity index (χ3n) is 1.37. The molecule has 0 rings (SSSR count). The van der Waals surface area contributed by atoms with Gasteiger partial charge in [-0.05, 0) is 0 Å². The lowest BCUT2D eigenvalue weighted by Crippen LogP contribution is -2.23. The molecule has 1 atom stereocenters. The molecule has 0 aromatic heterocycles. The van der Waals surface area contributed by atoms with Crippen LogP contribution in [-0.2, 0) is 14.4 Å². The highest BCUT2D eigenvalue weighted by molar-refractivity contribution is 5.94. The molecule has 0 aliphatic heterocycles. The van der Waals surface area contributed by atoms with Crippen LogP contribution in [0.2, 0.25) is 0 Å². The van der Waals surface area contributed by atoms with E-state index in [9.17, 15) is 14.4 Å². The van der Waals surface area contributed by atoms with Gasteiger partial charge in [-0.1, -0.05) is 6.58 Å². The SMILES string of the molecule is C=C(C(=O)O)[C@H](CC(=O)O)C(=O)O. The van der Waals surface area contributed by atoms with Gasteiger partial charge in [-0.15, -0.1) is 0 Å². The Labute approximate surface area is 73.1 Å². The van der Waals surface area contributed by atoms with Gasteiger partial charge in [-0.25, -0.2) is 4.79 Å². The van der Waals surface area contributed by atoms with Gasteiger partial charge >= 0.3 is 17.9 Å². The lowest BCUT2D eigenvalue weighted by Gasteiger charge is -2.08. The molecule has 0 aromatic carbocycles. The fraction of sp³-hybridized carbons (Fsp3) is 0.286. The fourth-order valence-electron chi connectivity index (χ4n) is 0.683. The first kappa shape index (κ1) is 11.2. The Bertz CT molecular complexity index is 266. The second kappa shape index (κ2) is 4.24. The molecule has 0 aliphatic rings. The number of carboxylic acids is 3. The smallest absolute Gasteiger partial charge is 0.331 e. The van der Waals surface area contributed by atoms with E-state index in [2.05, 4.69) is 6.58 Å². The van der Waals surface area contributed by atoms with Gasteiger partial charge in [0.05, 0.1) is 12.3 Å². The van der Waals surface area contributed by atoms with Crippen molar-refractivity contribution in [3.05, 3.63) is 12.2 Å². The maximum atomic E-state index is 10.4. The first-order valence-electron chi connectivity index (χ1n) is 3.23. The lowest BCUT2D eigenvalue weighted by molar-refractivity contribution is -0.148. The first-order chi connectivity index (χ1) is 5.86. The molecular formula is C7H8O6. The van der Waals surface area contributed by atoms with Crippen LogP contribution in [0.1, 0.15) is 6.42 Å². The van der Waals surface area contributed by atoms with Gasteiger partial charge in [0.15, 0.2) is 0 Å². The van der Waals surface area contributed by atoms with E-state index in [4.69, 9.17) is 15.3 Å². The van der Waals surface area contributed by atoms with Crippen LogP contribution in [0.5, 0.6) is 0 Å². The minimum atomic E-state index is -1.57. The molecular weight excluding hydrogens is 180 g/mol. The summed E-state index contributed by atoms with van der Waals surface area (Å²) in [5, 5.41) is 25.1. The Morgan fingerprint density at radius 1 is 1.15 bits per heavy atom. The van der Waals surface area contributed by atoms with E-state index in [1.54, 1.807) is 0 Å². The summed E-state index contributed by atoms with van der Waals surface area (Å²) >= 11 is 0. The number of carbonyl (C=O) groups is 3. The van der Waals surface area contributed by atoms with Crippen LogP contribution in [-0.4, -0.2) is 33.2 Å². The van der Waals surface area contributed by atoms with Crippen molar-refractivity contribution in [1.29, 1.82) is 0 Å². The molecule has 0 amide bonds. The number of aliphatic carboxylic acids is 3. The molecule has 0 saturated heterocycles. The van der Waals surface area contributed by atoms with E-state index in [-0.39, 0.29) is 0 Å². The second-order valence-corrected chi connectivity index (χ2v) is 2.32. The molecule has 0 spiro atoms. The fourth-order valence-corrected chi connectivity index (χ4v) is 0.683. The van der Waals surface area contributed by atoms with Crippen LogP contribution in [0, 0.1) is 5.92 Å². The van der Waals surface area contributed by atoms with Gasteiger partial charge in [0.2, 0.25) is 0 Å². The van der Waals surface area contributed by atoms with E-state index < -0.39 is 35.8 Å². The third-order valence-corrected chi connectivity index (χ3v) is 1.37. The molecule has 0 fully saturated rings. The predicted molar refractivity (Wildman–Crippen MR) is 40.2 cm³/mol. The van der Waals surface area contributed by atoms with E-state index >= 15 is 0 Å². The summed E-state index contributed by atoms with van der Waals surface area (Å²) < 4.78 is 0. The molecule has 0 aliphatic carbocycles. The molecule has 0 unspecified atom stereocenters. The Morgan fingerprint density at radius 3 is 1.85 bits per heavy atom. The zero-order valence-corrected chi connectivity index (χ0v) is 6.56. The van der Waals surface area contributed by atoms with Crippen LogP contribution in [0.25, 0.3) is 0 Å². The largest absolute Gasteiger partial charge is 0.481 e. The highest BCUT2D eigenvalue weighted by atomic mass is 16.4. The van der Waals surface area contributed by atoms with Crippen LogP contribution >= 0.6 is 0 Å². The van der Waals surface area contributed by atoms with Gasteiger partial charge in [-0.3, -0.25) is 9.59 Å². The molecule has 0 aromatic rings. The van der Waals surface area contributed by atoms with Gasteiger partial charge in [0.1, 0.15) is 0 Å². The summed E-state index contributed by atoms with van der Waals surface area (Å²) in [5.41, 5.74) is -0.630. The maximum absolute atomic E-state index is 10.4. The molecule has 0 saturated carbocycles. The Kier molecular flexibility index (Phi) is 3.64. The summed E-state index contributed by atoms with van der Waals surface area (Å²) in [6.07, 6.45) is -0.777. The van der Waals surface area contributed by atoms with E-state index in [0.29, 0.717) is 0 Å². The van der Waals surface area contributed by atoms with E-state index in [1.807, 2.05) is 0 Å². The van der Waals surface area contributed by atoms with Crippen molar-refractivity contribution < 1.29 is 29.7 Å². The minimum absolute atomic E-state index is 0.630. The monoisotopic (exact) mass is 188 g/mol. The average Bonchev–Trinajstić information content (AvgIpc) is 1.97.